The van der Waals surface area contributed by atoms with Crippen LogP contribution >= 0.6 is 15.9 Å². The Morgan fingerprint density at radius 2 is 2.11 bits per heavy atom. The summed E-state index contributed by atoms with van der Waals surface area (Å²) in [6.45, 7) is 1.90. The Hall–Kier alpha value is -1.24. The molecule has 0 atom stereocenters. The molecule has 0 heterocycles. The van der Waals surface area contributed by atoms with E-state index in [4.69, 9.17) is 5.73 Å². The maximum absolute atomic E-state index is 12.2. The first-order chi connectivity index (χ1) is 8.31. The van der Waals surface area contributed by atoms with Gasteiger partial charge >= 0.3 is 6.36 Å². The first kappa shape index (κ1) is 14.8. The standard InChI is InChI=1S/C11H12BrF3N2O/c1-2-3-10(16)17-8-5-4-7(12)6-9(8)18-11(13,14)15/h4-6H,2-3H2,1H3,(H2,16,17). The number of hydrogen-bond acceptors (Lipinski definition) is 2. The molecule has 0 radical (unpaired) electrons. The smallest absolute Gasteiger partial charge is 0.403 e. The van der Waals surface area contributed by atoms with Crippen molar-refractivity contribution in [3.63, 3.8) is 0 Å². The molecule has 0 aliphatic carbocycles. The van der Waals surface area contributed by atoms with Crippen LogP contribution in [0, 0.1) is 0 Å². The highest BCUT2D eigenvalue weighted by atomic mass is 79.9. The number of aliphatic imine (C=N–C) groups is 1. The molecule has 0 fully saturated rings. The van der Waals surface area contributed by atoms with E-state index in [2.05, 4.69) is 25.7 Å². The van der Waals surface area contributed by atoms with Crippen LogP contribution in [0.2, 0.25) is 0 Å². The zero-order valence-electron chi connectivity index (χ0n) is 9.59. The Balaban J connectivity index is 3.07. The molecule has 0 aliphatic heterocycles. The predicted molar refractivity (Wildman–Crippen MR) is 67.0 cm³/mol. The van der Waals surface area contributed by atoms with Crippen LogP contribution < -0.4 is 10.5 Å². The molecule has 0 bridgehead atoms. The first-order valence-corrected chi connectivity index (χ1v) is 5.99. The third-order valence-corrected chi connectivity index (χ3v) is 2.41. The number of nitrogens with zero attached hydrogens (tertiary/aromatic N) is 1. The van der Waals surface area contributed by atoms with Gasteiger partial charge in [0.05, 0.1) is 5.84 Å². The molecule has 0 aliphatic rings. The highest BCUT2D eigenvalue weighted by Gasteiger charge is 2.32. The fourth-order valence-corrected chi connectivity index (χ4v) is 1.59. The zero-order chi connectivity index (χ0) is 13.8. The quantitative estimate of drug-likeness (QED) is 0.668. The summed E-state index contributed by atoms with van der Waals surface area (Å²) in [4.78, 5) is 3.92. The summed E-state index contributed by atoms with van der Waals surface area (Å²) in [5.74, 6) is -0.109. The van der Waals surface area contributed by atoms with Crippen molar-refractivity contribution in [1.29, 1.82) is 0 Å². The number of amidine groups is 1. The van der Waals surface area contributed by atoms with Crippen molar-refractivity contribution >= 4 is 27.5 Å². The van der Waals surface area contributed by atoms with Gasteiger partial charge in [0.2, 0.25) is 0 Å². The van der Waals surface area contributed by atoms with Crippen LogP contribution in [-0.4, -0.2) is 12.2 Å². The summed E-state index contributed by atoms with van der Waals surface area (Å²) in [6.07, 6.45) is -3.48. The molecule has 100 valence electrons. The van der Waals surface area contributed by atoms with Gasteiger partial charge < -0.3 is 10.5 Å². The van der Waals surface area contributed by atoms with Gasteiger partial charge in [-0.15, -0.1) is 13.2 Å². The lowest BCUT2D eigenvalue weighted by Crippen LogP contribution is -2.17. The molecule has 2 N–H and O–H groups in total. The average molecular weight is 325 g/mol. The number of rotatable bonds is 4. The van der Waals surface area contributed by atoms with Gasteiger partial charge in [0.1, 0.15) is 5.69 Å². The molecule has 0 saturated heterocycles. The number of nitrogens with two attached hydrogens (primary N) is 1. The summed E-state index contributed by atoms with van der Waals surface area (Å²) in [5.41, 5.74) is 5.65. The number of alkyl halides is 3. The Bertz CT molecular complexity index is 446. The lowest BCUT2D eigenvalue weighted by molar-refractivity contribution is -0.274. The minimum Gasteiger partial charge on any atom is -0.403 e. The molecule has 0 aromatic heterocycles. The molecule has 0 amide bonds. The van der Waals surface area contributed by atoms with Gasteiger partial charge in [0, 0.05) is 10.9 Å². The van der Waals surface area contributed by atoms with Gasteiger partial charge in [0.25, 0.3) is 0 Å². The predicted octanol–water partition coefficient (Wildman–Crippen LogP) is 4.14. The summed E-state index contributed by atoms with van der Waals surface area (Å²) >= 11 is 3.07. The molecule has 1 rings (SSSR count). The third kappa shape index (κ3) is 4.95. The van der Waals surface area contributed by atoms with Crippen LogP contribution in [0.3, 0.4) is 0 Å². The maximum atomic E-state index is 12.2. The van der Waals surface area contributed by atoms with Gasteiger partial charge in [-0.1, -0.05) is 22.9 Å². The number of ether oxygens (including phenoxy) is 1. The SMILES string of the molecule is CCCC(N)=Nc1ccc(Br)cc1OC(F)(F)F. The fraction of sp³-hybridized carbons (Fsp3) is 0.364. The van der Waals surface area contributed by atoms with E-state index in [9.17, 15) is 13.2 Å². The van der Waals surface area contributed by atoms with Crippen molar-refractivity contribution in [1.82, 2.24) is 0 Å². The molecule has 7 heteroatoms. The molecule has 0 spiro atoms. The Kier molecular flexibility index (Phi) is 5.01. The van der Waals surface area contributed by atoms with Gasteiger partial charge in [-0.05, 0) is 24.6 Å². The van der Waals surface area contributed by atoms with E-state index in [1.165, 1.54) is 12.1 Å². The average Bonchev–Trinajstić information content (AvgIpc) is 2.20. The van der Waals surface area contributed by atoms with Crippen LogP contribution in [0.25, 0.3) is 0 Å². The lowest BCUT2D eigenvalue weighted by atomic mass is 10.3. The van der Waals surface area contributed by atoms with E-state index in [1.54, 1.807) is 6.07 Å². The highest BCUT2D eigenvalue weighted by Crippen LogP contribution is 2.34. The second-order valence-corrected chi connectivity index (χ2v) is 4.43. The fourth-order valence-electron chi connectivity index (χ4n) is 1.25. The Labute approximate surface area is 111 Å². The van der Waals surface area contributed by atoms with E-state index < -0.39 is 6.36 Å². The highest BCUT2D eigenvalue weighted by molar-refractivity contribution is 9.10. The topological polar surface area (TPSA) is 47.6 Å². The van der Waals surface area contributed by atoms with Crippen LogP contribution in [0.1, 0.15) is 19.8 Å². The van der Waals surface area contributed by atoms with Gasteiger partial charge in [-0.25, -0.2) is 4.99 Å². The van der Waals surface area contributed by atoms with E-state index >= 15 is 0 Å². The Morgan fingerprint density at radius 1 is 1.44 bits per heavy atom. The minimum absolute atomic E-state index is 0.0569. The molecular weight excluding hydrogens is 313 g/mol. The van der Waals surface area contributed by atoms with Gasteiger partial charge in [-0.3, -0.25) is 0 Å². The Morgan fingerprint density at radius 3 is 2.67 bits per heavy atom. The molecule has 18 heavy (non-hydrogen) atoms. The molecule has 0 saturated carbocycles. The lowest BCUT2D eigenvalue weighted by Gasteiger charge is -2.11. The van der Waals surface area contributed by atoms with Crippen molar-refractivity contribution in [2.75, 3.05) is 0 Å². The molecule has 0 unspecified atom stereocenters. The summed E-state index contributed by atoms with van der Waals surface area (Å²) < 4.78 is 41.0. The molecular formula is C11H12BrF3N2O. The summed E-state index contributed by atoms with van der Waals surface area (Å²) in [5, 5.41) is 0. The monoisotopic (exact) mass is 324 g/mol. The van der Waals surface area contributed by atoms with E-state index in [0.717, 1.165) is 6.42 Å². The number of benzene rings is 1. The van der Waals surface area contributed by atoms with Crippen molar-refractivity contribution < 1.29 is 17.9 Å². The minimum atomic E-state index is -4.76. The molecule has 1 aromatic rings. The summed E-state index contributed by atoms with van der Waals surface area (Å²) in [7, 11) is 0. The second-order valence-electron chi connectivity index (χ2n) is 3.51. The molecule has 3 nitrogen and oxygen atoms in total. The van der Waals surface area contributed by atoms with Crippen molar-refractivity contribution in [2.24, 2.45) is 10.7 Å². The van der Waals surface area contributed by atoms with E-state index in [-0.39, 0.29) is 17.3 Å². The first-order valence-electron chi connectivity index (χ1n) is 5.20. The van der Waals surface area contributed by atoms with Crippen LogP contribution in [0.15, 0.2) is 27.7 Å². The van der Waals surface area contributed by atoms with Gasteiger partial charge in [0.15, 0.2) is 5.75 Å². The maximum Gasteiger partial charge on any atom is 0.573 e. The van der Waals surface area contributed by atoms with Crippen LogP contribution in [-0.2, 0) is 0 Å². The second kappa shape index (κ2) is 6.08. The largest absolute Gasteiger partial charge is 0.573 e. The third-order valence-electron chi connectivity index (χ3n) is 1.92. The van der Waals surface area contributed by atoms with Crippen LogP contribution in [0.4, 0.5) is 18.9 Å². The normalized spacial score (nSPS) is 12.6. The number of hydrogen-bond donors (Lipinski definition) is 1. The van der Waals surface area contributed by atoms with Crippen molar-refractivity contribution in [2.45, 2.75) is 26.1 Å². The van der Waals surface area contributed by atoms with E-state index in [0.29, 0.717) is 10.9 Å². The zero-order valence-corrected chi connectivity index (χ0v) is 11.2. The summed E-state index contributed by atoms with van der Waals surface area (Å²) in [6, 6.07) is 4.18. The van der Waals surface area contributed by atoms with Crippen LogP contribution in [0.5, 0.6) is 5.75 Å². The van der Waals surface area contributed by atoms with Gasteiger partial charge in [-0.2, -0.15) is 0 Å². The molecule has 1 aromatic carbocycles. The number of halogens is 4. The van der Waals surface area contributed by atoms with Crippen molar-refractivity contribution in [3.05, 3.63) is 22.7 Å². The van der Waals surface area contributed by atoms with Crippen molar-refractivity contribution in [3.8, 4) is 5.75 Å². The van der Waals surface area contributed by atoms with E-state index in [1.807, 2.05) is 6.92 Å².